The number of rotatable bonds is 9. The van der Waals surface area contributed by atoms with Gasteiger partial charge in [0.15, 0.2) is 5.96 Å². The second-order valence-corrected chi connectivity index (χ2v) is 6.15. The number of hydrogen-bond donors (Lipinski definition) is 2. The van der Waals surface area contributed by atoms with Gasteiger partial charge in [-0.05, 0) is 37.5 Å². The largest absolute Gasteiger partial charge is 0.382 e. The molecule has 0 amide bonds. The predicted molar refractivity (Wildman–Crippen MR) is 94.5 cm³/mol. The van der Waals surface area contributed by atoms with Crippen LogP contribution in [0.3, 0.4) is 0 Å². The molecule has 0 aliphatic carbocycles. The summed E-state index contributed by atoms with van der Waals surface area (Å²) in [6, 6.07) is 6.76. The first-order valence-corrected chi connectivity index (χ1v) is 8.28. The smallest absolute Gasteiger partial charge is 0.191 e. The molecule has 0 aliphatic heterocycles. The summed E-state index contributed by atoms with van der Waals surface area (Å²) in [7, 11) is 1.75. The van der Waals surface area contributed by atoms with E-state index in [9.17, 15) is 4.39 Å². The van der Waals surface area contributed by atoms with Crippen LogP contribution in [0, 0.1) is 5.82 Å². The van der Waals surface area contributed by atoms with Gasteiger partial charge in [-0.15, -0.1) is 0 Å². The summed E-state index contributed by atoms with van der Waals surface area (Å²) in [4.78, 5) is 4.23. The fraction of sp³-hybridized carbons (Fsp3) is 0.611. The van der Waals surface area contributed by atoms with E-state index in [-0.39, 0.29) is 11.2 Å². The van der Waals surface area contributed by atoms with E-state index in [1.54, 1.807) is 19.2 Å². The fourth-order valence-electron chi connectivity index (χ4n) is 2.22. The quantitative estimate of drug-likeness (QED) is 0.417. The minimum atomic E-state index is -0.201. The first-order valence-electron chi connectivity index (χ1n) is 8.28. The van der Waals surface area contributed by atoms with Gasteiger partial charge in [0.25, 0.3) is 0 Å². The van der Waals surface area contributed by atoms with Crippen LogP contribution in [0.15, 0.2) is 29.3 Å². The zero-order chi connectivity index (χ0) is 17.1. The summed E-state index contributed by atoms with van der Waals surface area (Å²) in [6.07, 6.45) is 2.07. The van der Waals surface area contributed by atoms with E-state index < -0.39 is 0 Å². The Morgan fingerprint density at radius 1 is 1.26 bits per heavy atom. The number of halogens is 1. The summed E-state index contributed by atoms with van der Waals surface area (Å²) in [5, 5.41) is 6.61. The first kappa shape index (κ1) is 19.4. The number of nitrogens with one attached hydrogen (secondary N) is 2. The molecule has 130 valence electrons. The van der Waals surface area contributed by atoms with E-state index in [0.717, 1.165) is 44.1 Å². The van der Waals surface area contributed by atoms with Crippen molar-refractivity contribution < 1.29 is 9.13 Å². The van der Waals surface area contributed by atoms with Crippen LogP contribution in [0.4, 0.5) is 4.39 Å². The summed E-state index contributed by atoms with van der Waals surface area (Å²) < 4.78 is 18.7. The fourth-order valence-corrected chi connectivity index (χ4v) is 2.22. The van der Waals surface area contributed by atoms with Gasteiger partial charge in [-0.1, -0.05) is 26.0 Å². The summed E-state index contributed by atoms with van der Waals surface area (Å²) >= 11 is 0. The van der Waals surface area contributed by atoms with E-state index in [0.29, 0.717) is 6.54 Å². The van der Waals surface area contributed by atoms with E-state index in [4.69, 9.17) is 4.74 Å². The SMILES string of the molecule is CCOCCCCNC(=NC)NCC(C)(C)c1cccc(F)c1. The van der Waals surface area contributed by atoms with Crippen LogP contribution in [-0.4, -0.2) is 39.3 Å². The average molecular weight is 323 g/mol. The number of guanidine groups is 1. The Morgan fingerprint density at radius 3 is 2.70 bits per heavy atom. The van der Waals surface area contributed by atoms with E-state index in [2.05, 4.69) is 29.5 Å². The highest BCUT2D eigenvalue weighted by Crippen LogP contribution is 2.22. The third-order valence-electron chi connectivity index (χ3n) is 3.74. The molecule has 1 aromatic rings. The third kappa shape index (κ3) is 7.46. The van der Waals surface area contributed by atoms with Crippen LogP contribution in [0.25, 0.3) is 0 Å². The molecule has 1 aromatic carbocycles. The highest BCUT2D eigenvalue weighted by atomic mass is 19.1. The number of nitrogens with zero attached hydrogens (tertiary/aromatic N) is 1. The van der Waals surface area contributed by atoms with Gasteiger partial charge >= 0.3 is 0 Å². The monoisotopic (exact) mass is 323 g/mol. The van der Waals surface area contributed by atoms with E-state index >= 15 is 0 Å². The van der Waals surface area contributed by atoms with Crippen molar-refractivity contribution in [3.8, 4) is 0 Å². The summed E-state index contributed by atoms with van der Waals surface area (Å²) in [5.74, 6) is 0.568. The molecule has 0 atom stereocenters. The third-order valence-corrected chi connectivity index (χ3v) is 3.74. The number of ether oxygens (including phenoxy) is 1. The second kappa shape index (κ2) is 10.2. The molecular weight excluding hydrogens is 293 g/mol. The summed E-state index contributed by atoms with van der Waals surface area (Å²) in [5.41, 5.74) is 0.784. The van der Waals surface area contributed by atoms with Crippen molar-refractivity contribution >= 4 is 5.96 Å². The first-order chi connectivity index (χ1) is 11.0. The lowest BCUT2D eigenvalue weighted by atomic mass is 9.84. The Kier molecular flexibility index (Phi) is 8.62. The lowest BCUT2D eigenvalue weighted by Crippen LogP contribution is -2.43. The normalized spacial score (nSPS) is 12.3. The number of hydrogen-bond acceptors (Lipinski definition) is 2. The van der Waals surface area contributed by atoms with Gasteiger partial charge in [0, 0.05) is 38.8 Å². The molecule has 0 saturated carbocycles. The minimum absolute atomic E-state index is 0.186. The van der Waals surface area contributed by atoms with Crippen LogP contribution >= 0.6 is 0 Å². The Morgan fingerprint density at radius 2 is 2.04 bits per heavy atom. The lowest BCUT2D eigenvalue weighted by Gasteiger charge is -2.26. The van der Waals surface area contributed by atoms with Gasteiger partial charge < -0.3 is 15.4 Å². The highest BCUT2D eigenvalue weighted by molar-refractivity contribution is 5.79. The van der Waals surface area contributed by atoms with Crippen molar-refractivity contribution in [2.75, 3.05) is 33.4 Å². The van der Waals surface area contributed by atoms with Crippen molar-refractivity contribution in [1.82, 2.24) is 10.6 Å². The molecule has 0 radical (unpaired) electrons. The van der Waals surface area contributed by atoms with Gasteiger partial charge in [0.1, 0.15) is 5.82 Å². The standard InChI is InChI=1S/C18H30FN3O/c1-5-23-12-7-6-11-21-17(20-4)22-14-18(2,3)15-9-8-10-16(19)13-15/h8-10,13H,5-7,11-12,14H2,1-4H3,(H2,20,21,22). The van der Waals surface area contributed by atoms with Crippen LogP contribution < -0.4 is 10.6 Å². The molecule has 5 heteroatoms. The average Bonchev–Trinajstić information content (AvgIpc) is 2.53. The minimum Gasteiger partial charge on any atom is -0.382 e. The molecule has 0 saturated heterocycles. The van der Waals surface area contributed by atoms with Crippen LogP contribution in [0.5, 0.6) is 0 Å². The lowest BCUT2D eigenvalue weighted by molar-refractivity contribution is 0.143. The molecule has 0 unspecified atom stereocenters. The molecule has 0 fully saturated rings. The van der Waals surface area contributed by atoms with Crippen molar-refractivity contribution in [3.05, 3.63) is 35.6 Å². The van der Waals surface area contributed by atoms with Crippen molar-refractivity contribution in [3.63, 3.8) is 0 Å². The maximum Gasteiger partial charge on any atom is 0.191 e. The zero-order valence-corrected chi connectivity index (χ0v) is 14.8. The second-order valence-electron chi connectivity index (χ2n) is 6.15. The summed E-state index contributed by atoms with van der Waals surface area (Å²) in [6.45, 7) is 9.28. The highest BCUT2D eigenvalue weighted by Gasteiger charge is 2.21. The van der Waals surface area contributed by atoms with Crippen molar-refractivity contribution in [2.45, 2.75) is 39.0 Å². The van der Waals surface area contributed by atoms with Gasteiger partial charge in [-0.3, -0.25) is 4.99 Å². The molecule has 1 rings (SSSR count). The van der Waals surface area contributed by atoms with Crippen LogP contribution in [0.1, 0.15) is 39.2 Å². The Balaban J connectivity index is 2.38. The molecule has 23 heavy (non-hydrogen) atoms. The van der Waals surface area contributed by atoms with Crippen LogP contribution in [0.2, 0.25) is 0 Å². The molecular formula is C18H30FN3O. The van der Waals surface area contributed by atoms with Crippen molar-refractivity contribution in [2.24, 2.45) is 4.99 Å². The maximum atomic E-state index is 13.4. The molecule has 0 aliphatic rings. The van der Waals surface area contributed by atoms with Crippen molar-refractivity contribution in [1.29, 1.82) is 0 Å². The number of benzene rings is 1. The Bertz CT molecular complexity index is 489. The Labute approximate surface area is 139 Å². The van der Waals surface area contributed by atoms with Gasteiger partial charge in [0.2, 0.25) is 0 Å². The molecule has 2 N–H and O–H groups in total. The van der Waals surface area contributed by atoms with Crippen LogP contribution in [-0.2, 0) is 10.2 Å². The van der Waals surface area contributed by atoms with Gasteiger partial charge in [-0.2, -0.15) is 0 Å². The van der Waals surface area contributed by atoms with Gasteiger partial charge in [0.05, 0.1) is 0 Å². The molecule has 0 bridgehead atoms. The topological polar surface area (TPSA) is 45.6 Å². The molecule has 0 aromatic heterocycles. The predicted octanol–water partition coefficient (Wildman–Crippen LogP) is 3.09. The molecule has 0 heterocycles. The molecule has 4 nitrogen and oxygen atoms in total. The zero-order valence-electron chi connectivity index (χ0n) is 14.8. The van der Waals surface area contributed by atoms with E-state index in [1.807, 2.05) is 13.0 Å². The number of unbranched alkanes of at least 4 members (excludes halogenated alkanes) is 1. The Hall–Kier alpha value is -1.62. The van der Waals surface area contributed by atoms with E-state index in [1.165, 1.54) is 6.07 Å². The molecule has 0 spiro atoms. The maximum absolute atomic E-state index is 13.4. The number of aliphatic imine (C=N–C) groups is 1. The van der Waals surface area contributed by atoms with Gasteiger partial charge in [-0.25, -0.2) is 4.39 Å².